The van der Waals surface area contributed by atoms with Gasteiger partial charge in [-0.3, -0.25) is 9.59 Å². The highest BCUT2D eigenvalue weighted by atomic mass is 16.5. The average molecular weight is 294 g/mol. The first-order chi connectivity index (χ1) is 10.1. The Morgan fingerprint density at radius 3 is 2.71 bits per heavy atom. The van der Waals surface area contributed by atoms with E-state index in [2.05, 4.69) is 5.32 Å². The van der Waals surface area contributed by atoms with Crippen molar-refractivity contribution < 1.29 is 14.3 Å². The minimum absolute atomic E-state index is 0.00173. The van der Waals surface area contributed by atoms with Gasteiger partial charge in [0.2, 0.25) is 11.8 Å². The zero-order valence-electron chi connectivity index (χ0n) is 13.1. The van der Waals surface area contributed by atoms with Crippen molar-refractivity contribution in [2.24, 2.45) is 5.41 Å². The minimum atomic E-state index is -0.313. The quantitative estimate of drug-likeness (QED) is 0.854. The van der Waals surface area contributed by atoms with Crippen molar-refractivity contribution in [1.82, 2.24) is 10.2 Å². The van der Waals surface area contributed by atoms with Crippen molar-refractivity contribution in [3.8, 4) is 0 Å². The van der Waals surface area contributed by atoms with Crippen molar-refractivity contribution in [2.45, 2.75) is 70.1 Å². The molecular formula is C16H26N2O3. The van der Waals surface area contributed by atoms with Gasteiger partial charge in [-0.25, -0.2) is 0 Å². The Bertz CT molecular complexity index is 431. The normalized spacial score (nSPS) is 33.8. The van der Waals surface area contributed by atoms with E-state index in [-0.39, 0.29) is 29.3 Å². The Morgan fingerprint density at radius 2 is 2.14 bits per heavy atom. The number of hydrogen-bond donors (Lipinski definition) is 1. The number of ether oxygens (including phenoxy) is 1. The van der Waals surface area contributed by atoms with Crippen LogP contribution in [0.25, 0.3) is 0 Å². The molecule has 2 saturated carbocycles. The summed E-state index contributed by atoms with van der Waals surface area (Å²) in [6, 6.07) is -0.0337. The molecule has 3 atom stereocenters. The fraction of sp³-hybridized carbons (Fsp3) is 0.875. The lowest BCUT2D eigenvalue weighted by Gasteiger charge is -2.57. The summed E-state index contributed by atoms with van der Waals surface area (Å²) in [5.74, 6) is 0.0743. The number of likely N-dealkylation sites (N-methyl/N-ethyl adjacent to an activating group) is 1. The number of nitrogens with one attached hydrogen (secondary N) is 1. The van der Waals surface area contributed by atoms with E-state index in [1.165, 1.54) is 12.8 Å². The van der Waals surface area contributed by atoms with Gasteiger partial charge in [0.25, 0.3) is 0 Å². The molecule has 0 bridgehead atoms. The number of carbonyl (C=O) groups is 2. The number of nitrogens with zero attached hydrogens (tertiary/aromatic N) is 1. The van der Waals surface area contributed by atoms with Gasteiger partial charge < -0.3 is 15.0 Å². The molecule has 2 aliphatic carbocycles. The predicted octanol–water partition coefficient (Wildman–Crippen LogP) is 1.46. The van der Waals surface area contributed by atoms with Gasteiger partial charge in [0.1, 0.15) is 6.04 Å². The van der Waals surface area contributed by atoms with Gasteiger partial charge in [-0.1, -0.05) is 12.8 Å². The molecule has 118 valence electrons. The summed E-state index contributed by atoms with van der Waals surface area (Å²) in [4.78, 5) is 25.8. The molecule has 5 heteroatoms. The monoisotopic (exact) mass is 294 g/mol. The van der Waals surface area contributed by atoms with Crippen LogP contribution >= 0.6 is 0 Å². The minimum Gasteiger partial charge on any atom is -0.378 e. The van der Waals surface area contributed by atoms with Crippen molar-refractivity contribution >= 4 is 11.8 Å². The first-order valence-corrected chi connectivity index (χ1v) is 8.26. The standard InChI is InChI=1S/C16H26N2O3/c1-3-21-13-10-12(16(13)8-4-5-9-16)18(2)15(20)11-6-7-14(19)17-11/h11-13H,3-10H2,1-2H3,(H,17,19)/t11-,12+,13-/m1/s1. The van der Waals surface area contributed by atoms with Crippen LogP contribution in [-0.4, -0.2) is 48.6 Å². The molecule has 5 nitrogen and oxygen atoms in total. The Hall–Kier alpha value is -1.10. The third kappa shape index (κ3) is 2.35. The van der Waals surface area contributed by atoms with Crippen molar-refractivity contribution in [3.05, 3.63) is 0 Å². The van der Waals surface area contributed by atoms with E-state index in [0.717, 1.165) is 25.9 Å². The number of amides is 2. The molecule has 3 aliphatic rings. The molecule has 0 aromatic heterocycles. The molecule has 0 radical (unpaired) electrons. The van der Waals surface area contributed by atoms with Crippen LogP contribution in [0.4, 0.5) is 0 Å². The van der Waals surface area contributed by atoms with Crippen LogP contribution in [0.1, 0.15) is 51.9 Å². The van der Waals surface area contributed by atoms with E-state index < -0.39 is 0 Å². The fourth-order valence-electron chi connectivity index (χ4n) is 4.59. The highest BCUT2D eigenvalue weighted by Crippen LogP contribution is 2.56. The van der Waals surface area contributed by atoms with Crippen LogP contribution < -0.4 is 5.32 Å². The molecule has 0 aromatic carbocycles. The first kappa shape index (κ1) is 14.8. The fourth-order valence-corrected chi connectivity index (χ4v) is 4.59. The SMILES string of the molecule is CCO[C@@H]1C[C@H](N(C)C(=O)[C@H]2CCC(=O)N2)C12CCCC2. The third-order valence-corrected chi connectivity index (χ3v) is 5.75. The molecule has 1 spiro atoms. The highest BCUT2D eigenvalue weighted by Gasteiger charge is 2.59. The lowest BCUT2D eigenvalue weighted by molar-refractivity contribution is -0.173. The van der Waals surface area contributed by atoms with Gasteiger partial charge in [-0.05, 0) is 32.6 Å². The zero-order chi connectivity index (χ0) is 15.0. The van der Waals surface area contributed by atoms with E-state index in [1.54, 1.807) is 0 Å². The summed E-state index contributed by atoms with van der Waals surface area (Å²) in [5, 5.41) is 2.79. The van der Waals surface area contributed by atoms with Gasteiger partial charge in [0, 0.05) is 31.5 Å². The Kier molecular flexibility index (Phi) is 3.95. The van der Waals surface area contributed by atoms with Gasteiger partial charge in [0.05, 0.1) is 6.10 Å². The van der Waals surface area contributed by atoms with Crippen molar-refractivity contribution in [3.63, 3.8) is 0 Å². The highest BCUT2D eigenvalue weighted by molar-refractivity contribution is 5.91. The molecule has 21 heavy (non-hydrogen) atoms. The molecule has 0 unspecified atom stereocenters. The first-order valence-electron chi connectivity index (χ1n) is 8.26. The van der Waals surface area contributed by atoms with E-state index in [9.17, 15) is 9.59 Å². The summed E-state index contributed by atoms with van der Waals surface area (Å²) < 4.78 is 5.91. The summed E-state index contributed by atoms with van der Waals surface area (Å²) in [6.07, 6.45) is 7.16. The molecule has 1 N–H and O–H groups in total. The molecule has 0 aromatic rings. The average Bonchev–Trinajstić information content (AvgIpc) is 3.11. The summed E-state index contributed by atoms with van der Waals surface area (Å²) in [6.45, 7) is 2.79. The van der Waals surface area contributed by atoms with Crippen LogP contribution in [0.2, 0.25) is 0 Å². The van der Waals surface area contributed by atoms with Gasteiger partial charge in [0.15, 0.2) is 0 Å². The van der Waals surface area contributed by atoms with Crippen molar-refractivity contribution in [2.75, 3.05) is 13.7 Å². The Balaban J connectivity index is 1.68. The zero-order valence-corrected chi connectivity index (χ0v) is 13.1. The maximum absolute atomic E-state index is 12.6. The number of carbonyl (C=O) groups excluding carboxylic acids is 2. The molecule has 1 saturated heterocycles. The van der Waals surface area contributed by atoms with Crippen LogP contribution in [0.5, 0.6) is 0 Å². The van der Waals surface area contributed by atoms with E-state index in [1.807, 2.05) is 18.9 Å². The lowest BCUT2D eigenvalue weighted by atomic mass is 9.60. The number of hydrogen-bond acceptors (Lipinski definition) is 3. The molecule has 3 fully saturated rings. The molecule has 1 heterocycles. The topological polar surface area (TPSA) is 58.6 Å². The second-order valence-corrected chi connectivity index (χ2v) is 6.74. The smallest absolute Gasteiger partial charge is 0.245 e. The largest absolute Gasteiger partial charge is 0.378 e. The maximum Gasteiger partial charge on any atom is 0.245 e. The second-order valence-electron chi connectivity index (χ2n) is 6.74. The van der Waals surface area contributed by atoms with Gasteiger partial charge in [-0.2, -0.15) is 0 Å². The maximum atomic E-state index is 12.6. The molecule has 3 rings (SSSR count). The Labute approximate surface area is 126 Å². The number of rotatable bonds is 4. The van der Waals surface area contributed by atoms with Crippen molar-refractivity contribution in [1.29, 1.82) is 0 Å². The lowest BCUT2D eigenvalue weighted by Crippen LogP contribution is -2.65. The summed E-state index contributed by atoms with van der Waals surface area (Å²) in [5.41, 5.74) is 0.170. The molecular weight excluding hydrogens is 268 g/mol. The van der Waals surface area contributed by atoms with Gasteiger partial charge >= 0.3 is 0 Å². The van der Waals surface area contributed by atoms with Crippen LogP contribution in [-0.2, 0) is 14.3 Å². The summed E-state index contributed by atoms with van der Waals surface area (Å²) in [7, 11) is 1.90. The third-order valence-electron chi connectivity index (χ3n) is 5.75. The summed E-state index contributed by atoms with van der Waals surface area (Å²) >= 11 is 0. The van der Waals surface area contributed by atoms with Crippen LogP contribution in [0.15, 0.2) is 0 Å². The van der Waals surface area contributed by atoms with Gasteiger partial charge in [-0.15, -0.1) is 0 Å². The van der Waals surface area contributed by atoms with E-state index in [4.69, 9.17) is 4.74 Å². The molecule has 1 aliphatic heterocycles. The predicted molar refractivity (Wildman–Crippen MR) is 78.7 cm³/mol. The van der Waals surface area contributed by atoms with Crippen LogP contribution in [0.3, 0.4) is 0 Å². The molecule has 2 amide bonds. The van der Waals surface area contributed by atoms with E-state index >= 15 is 0 Å². The Morgan fingerprint density at radius 1 is 1.43 bits per heavy atom. The second kappa shape index (κ2) is 5.59. The van der Waals surface area contributed by atoms with E-state index in [0.29, 0.717) is 18.9 Å². The van der Waals surface area contributed by atoms with Crippen LogP contribution in [0, 0.1) is 5.41 Å².